The highest BCUT2D eigenvalue weighted by Gasteiger charge is 2.18. The van der Waals surface area contributed by atoms with E-state index in [0.717, 1.165) is 37.7 Å². The van der Waals surface area contributed by atoms with Gasteiger partial charge in [0.25, 0.3) is 0 Å². The summed E-state index contributed by atoms with van der Waals surface area (Å²) in [7, 11) is 3.36. The minimum Gasteiger partial charge on any atom is -0.493 e. The van der Waals surface area contributed by atoms with Gasteiger partial charge in [0.05, 0.1) is 14.2 Å². The van der Waals surface area contributed by atoms with Crippen LogP contribution in [0.1, 0.15) is 18.4 Å². The van der Waals surface area contributed by atoms with Crippen LogP contribution in [0.5, 0.6) is 11.5 Å². The molecule has 6 heteroatoms. The number of anilines is 1. The molecule has 0 unspecified atom stereocenters. The molecular formula is C22H32Cl2N2O2. The average molecular weight is 427 g/mol. The van der Waals surface area contributed by atoms with E-state index in [2.05, 4.69) is 52.3 Å². The number of benzene rings is 2. The third kappa shape index (κ3) is 6.77. The van der Waals surface area contributed by atoms with Crippen molar-refractivity contribution in [2.45, 2.75) is 19.3 Å². The van der Waals surface area contributed by atoms with Crippen molar-refractivity contribution < 1.29 is 9.47 Å². The molecule has 1 saturated heterocycles. The molecule has 3 rings (SSSR count). The van der Waals surface area contributed by atoms with E-state index in [0.29, 0.717) is 0 Å². The zero-order chi connectivity index (χ0) is 18.2. The van der Waals surface area contributed by atoms with Gasteiger partial charge in [-0.15, -0.1) is 24.8 Å². The van der Waals surface area contributed by atoms with Gasteiger partial charge in [-0.1, -0.05) is 30.3 Å². The number of piperazine rings is 1. The first-order valence-electron chi connectivity index (χ1n) is 9.53. The Balaban J connectivity index is 0.00000196. The van der Waals surface area contributed by atoms with Crippen LogP contribution < -0.4 is 14.4 Å². The van der Waals surface area contributed by atoms with Gasteiger partial charge in [-0.25, -0.2) is 0 Å². The third-order valence-electron chi connectivity index (χ3n) is 5.14. The molecule has 1 aliphatic heterocycles. The van der Waals surface area contributed by atoms with Crippen LogP contribution in [-0.4, -0.2) is 51.8 Å². The molecule has 0 atom stereocenters. The summed E-state index contributed by atoms with van der Waals surface area (Å²) in [5, 5.41) is 0. The van der Waals surface area contributed by atoms with Crippen LogP contribution >= 0.6 is 24.8 Å². The van der Waals surface area contributed by atoms with E-state index in [4.69, 9.17) is 9.47 Å². The average Bonchev–Trinajstić information content (AvgIpc) is 2.72. The molecule has 1 aliphatic rings. The van der Waals surface area contributed by atoms with Crippen molar-refractivity contribution in [2.24, 2.45) is 0 Å². The van der Waals surface area contributed by atoms with Crippen LogP contribution in [0.2, 0.25) is 0 Å². The number of halogens is 2. The Kier molecular flexibility index (Phi) is 11.1. The first-order valence-corrected chi connectivity index (χ1v) is 9.53. The van der Waals surface area contributed by atoms with Gasteiger partial charge in [0.15, 0.2) is 11.5 Å². The summed E-state index contributed by atoms with van der Waals surface area (Å²) >= 11 is 0. The molecule has 1 heterocycles. The fraction of sp³-hybridized carbons (Fsp3) is 0.455. The molecular weight excluding hydrogens is 395 g/mol. The second-order valence-corrected chi connectivity index (χ2v) is 6.81. The fourth-order valence-electron chi connectivity index (χ4n) is 3.56. The van der Waals surface area contributed by atoms with Crippen molar-refractivity contribution in [3.63, 3.8) is 0 Å². The minimum absolute atomic E-state index is 0. The van der Waals surface area contributed by atoms with Crippen LogP contribution in [0.15, 0.2) is 48.5 Å². The number of methoxy groups -OCH3 is 2. The molecule has 2 aromatic rings. The molecule has 156 valence electrons. The number of hydrogen-bond acceptors (Lipinski definition) is 4. The lowest BCUT2D eigenvalue weighted by Crippen LogP contribution is -2.46. The van der Waals surface area contributed by atoms with Gasteiger partial charge in [-0.05, 0) is 43.5 Å². The Bertz CT molecular complexity index is 677. The zero-order valence-electron chi connectivity index (χ0n) is 16.8. The quantitative estimate of drug-likeness (QED) is 0.571. The van der Waals surface area contributed by atoms with E-state index in [1.165, 1.54) is 37.1 Å². The maximum absolute atomic E-state index is 5.43. The maximum Gasteiger partial charge on any atom is 0.162 e. The molecule has 1 fully saturated rings. The molecule has 0 radical (unpaired) electrons. The van der Waals surface area contributed by atoms with Gasteiger partial charge in [0.2, 0.25) is 0 Å². The van der Waals surface area contributed by atoms with Crippen molar-refractivity contribution in [3.8, 4) is 11.5 Å². The van der Waals surface area contributed by atoms with Gasteiger partial charge in [-0.3, -0.25) is 4.90 Å². The standard InChI is InChI=1S/C22H30N2O2.2ClH/c1-25-21-12-11-20(18-22(21)26-2)24-16-14-23(15-17-24)13-7-6-10-19-8-4-3-5-9-19;;/h3-5,8-9,11-12,18H,6-7,10,13-17H2,1-2H3;2*1H. The Labute approximate surface area is 181 Å². The summed E-state index contributed by atoms with van der Waals surface area (Å²) in [6.07, 6.45) is 3.72. The van der Waals surface area contributed by atoms with Crippen molar-refractivity contribution in [3.05, 3.63) is 54.1 Å². The van der Waals surface area contributed by atoms with E-state index >= 15 is 0 Å². The number of ether oxygens (including phenoxy) is 2. The van der Waals surface area contributed by atoms with E-state index in [9.17, 15) is 0 Å². The molecule has 0 saturated carbocycles. The predicted molar refractivity (Wildman–Crippen MR) is 122 cm³/mol. The van der Waals surface area contributed by atoms with Gasteiger partial charge in [0, 0.05) is 37.9 Å². The van der Waals surface area contributed by atoms with Crippen molar-refractivity contribution in [1.82, 2.24) is 4.90 Å². The summed E-state index contributed by atoms with van der Waals surface area (Å²) in [5.74, 6) is 1.58. The molecule has 4 nitrogen and oxygen atoms in total. The first-order chi connectivity index (χ1) is 12.8. The van der Waals surface area contributed by atoms with Crippen LogP contribution in [0.4, 0.5) is 5.69 Å². The first kappa shape index (κ1) is 24.4. The Morgan fingerprint density at radius 1 is 0.786 bits per heavy atom. The summed E-state index contributed by atoms with van der Waals surface area (Å²) in [4.78, 5) is 5.02. The molecule has 0 bridgehead atoms. The molecule has 0 aromatic heterocycles. The number of unbranched alkanes of at least 4 members (excludes halogenated alkanes) is 1. The normalized spacial score (nSPS) is 14.0. The summed E-state index contributed by atoms with van der Waals surface area (Å²) in [6.45, 7) is 5.58. The predicted octanol–water partition coefficient (Wildman–Crippen LogP) is 4.69. The second kappa shape index (κ2) is 12.8. The van der Waals surface area contributed by atoms with E-state index in [1.807, 2.05) is 6.07 Å². The van der Waals surface area contributed by atoms with Crippen LogP contribution in [-0.2, 0) is 6.42 Å². The van der Waals surface area contributed by atoms with E-state index in [1.54, 1.807) is 14.2 Å². The fourth-order valence-corrected chi connectivity index (χ4v) is 3.56. The highest BCUT2D eigenvalue weighted by molar-refractivity contribution is 5.85. The highest BCUT2D eigenvalue weighted by atomic mass is 35.5. The lowest BCUT2D eigenvalue weighted by atomic mass is 10.1. The van der Waals surface area contributed by atoms with Crippen molar-refractivity contribution in [2.75, 3.05) is 51.8 Å². The lowest BCUT2D eigenvalue weighted by molar-refractivity contribution is 0.253. The maximum atomic E-state index is 5.43. The summed E-state index contributed by atoms with van der Waals surface area (Å²) in [6, 6.07) is 17.0. The largest absolute Gasteiger partial charge is 0.493 e. The molecule has 2 aromatic carbocycles. The topological polar surface area (TPSA) is 24.9 Å². The van der Waals surface area contributed by atoms with Crippen LogP contribution in [0.25, 0.3) is 0 Å². The Morgan fingerprint density at radius 3 is 2.11 bits per heavy atom. The Hall–Kier alpha value is -1.62. The second-order valence-electron chi connectivity index (χ2n) is 6.81. The third-order valence-corrected chi connectivity index (χ3v) is 5.14. The van der Waals surface area contributed by atoms with Gasteiger partial charge in [0.1, 0.15) is 0 Å². The molecule has 28 heavy (non-hydrogen) atoms. The lowest BCUT2D eigenvalue weighted by Gasteiger charge is -2.36. The number of aryl methyl sites for hydroxylation is 1. The van der Waals surface area contributed by atoms with Crippen LogP contribution in [0.3, 0.4) is 0 Å². The summed E-state index contributed by atoms with van der Waals surface area (Å²) < 4.78 is 10.8. The molecule has 0 spiro atoms. The number of rotatable bonds is 8. The van der Waals surface area contributed by atoms with Gasteiger partial charge in [-0.2, -0.15) is 0 Å². The summed E-state index contributed by atoms with van der Waals surface area (Å²) in [5.41, 5.74) is 2.66. The molecule has 0 N–H and O–H groups in total. The van der Waals surface area contributed by atoms with Gasteiger partial charge >= 0.3 is 0 Å². The number of hydrogen-bond donors (Lipinski definition) is 0. The van der Waals surface area contributed by atoms with E-state index < -0.39 is 0 Å². The minimum atomic E-state index is 0. The Morgan fingerprint density at radius 2 is 1.46 bits per heavy atom. The zero-order valence-corrected chi connectivity index (χ0v) is 18.4. The smallest absolute Gasteiger partial charge is 0.162 e. The molecule has 0 amide bonds. The van der Waals surface area contributed by atoms with Gasteiger partial charge < -0.3 is 14.4 Å². The SMILES string of the molecule is COc1ccc(N2CCN(CCCCc3ccccc3)CC2)cc1OC.Cl.Cl. The van der Waals surface area contributed by atoms with E-state index in [-0.39, 0.29) is 24.8 Å². The monoisotopic (exact) mass is 426 g/mol. The van der Waals surface area contributed by atoms with Crippen LogP contribution in [0, 0.1) is 0 Å². The van der Waals surface area contributed by atoms with Crippen molar-refractivity contribution >= 4 is 30.5 Å². The highest BCUT2D eigenvalue weighted by Crippen LogP contribution is 2.31. The van der Waals surface area contributed by atoms with Crippen molar-refractivity contribution in [1.29, 1.82) is 0 Å². The molecule has 0 aliphatic carbocycles. The number of nitrogens with zero attached hydrogens (tertiary/aromatic N) is 2.